The van der Waals surface area contributed by atoms with Crippen molar-refractivity contribution in [3.05, 3.63) is 69.2 Å². The molecule has 0 spiro atoms. The van der Waals surface area contributed by atoms with E-state index in [4.69, 9.17) is 21.2 Å². The van der Waals surface area contributed by atoms with Crippen molar-refractivity contribution in [3.63, 3.8) is 0 Å². The first-order valence-corrected chi connectivity index (χ1v) is 8.80. The lowest BCUT2D eigenvalue weighted by atomic mass is 10.1. The quantitative estimate of drug-likeness (QED) is 0.275. The molecule has 0 saturated carbocycles. The summed E-state index contributed by atoms with van der Waals surface area (Å²) in [5.74, 6) is 0.318. The van der Waals surface area contributed by atoms with Crippen LogP contribution < -0.4 is 5.32 Å². The zero-order valence-corrected chi connectivity index (χ0v) is 15.5. The summed E-state index contributed by atoms with van der Waals surface area (Å²) in [4.78, 5) is 29.5. The molecular weight excluding hydrogens is 388 g/mol. The van der Waals surface area contributed by atoms with Crippen LogP contribution in [0.15, 0.2) is 53.7 Å². The number of hydrogen-bond acceptors (Lipinski definition) is 6. The summed E-state index contributed by atoms with van der Waals surface area (Å²) in [6.07, 6.45) is -0.793. The number of ether oxygens (including phenoxy) is 1. The van der Waals surface area contributed by atoms with Crippen LogP contribution in [0.25, 0.3) is 0 Å². The van der Waals surface area contributed by atoms with Crippen LogP contribution in [0.3, 0.4) is 0 Å². The number of nitrogens with one attached hydrogen (secondary N) is 1. The van der Waals surface area contributed by atoms with Crippen LogP contribution in [0, 0.1) is 10.1 Å². The van der Waals surface area contributed by atoms with E-state index in [1.165, 1.54) is 12.1 Å². The molecule has 2 aromatic rings. The minimum Gasteiger partial charge on any atom is -0.378 e. The molecule has 9 nitrogen and oxygen atoms in total. The Morgan fingerprint density at radius 3 is 2.61 bits per heavy atom. The molecule has 1 aliphatic heterocycles. The standard InChI is InChI=1S/C18H17ClN4O5/c19-14-4-6-15(7-5-14)20-18(24)28-21-17(22-8-10-27-11-9-22)13-2-1-3-16(12-13)23(25)26/h1-7,12H,8-11H2,(H,20,24). The Bertz CT molecular complexity index is 882. The molecule has 0 aromatic heterocycles. The van der Waals surface area contributed by atoms with E-state index < -0.39 is 11.0 Å². The molecule has 0 radical (unpaired) electrons. The van der Waals surface area contributed by atoms with Gasteiger partial charge in [-0.15, -0.1) is 0 Å². The van der Waals surface area contributed by atoms with Crippen molar-refractivity contribution in [2.75, 3.05) is 31.6 Å². The van der Waals surface area contributed by atoms with Crippen molar-refractivity contribution in [3.8, 4) is 0 Å². The van der Waals surface area contributed by atoms with Crippen LogP contribution in [0.2, 0.25) is 5.02 Å². The van der Waals surface area contributed by atoms with Crippen LogP contribution >= 0.6 is 11.6 Å². The predicted octanol–water partition coefficient (Wildman–Crippen LogP) is 3.49. The number of amides is 1. The van der Waals surface area contributed by atoms with Gasteiger partial charge in [-0.2, -0.15) is 0 Å². The fourth-order valence-corrected chi connectivity index (χ4v) is 2.71. The first-order valence-electron chi connectivity index (χ1n) is 8.42. The van der Waals surface area contributed by atoms with Gasteiger partial charge in [0.1, 0.15) is 0 Å². The first-order chi connectivity index (χ1) is 13.5. The molecule has 1 fully saturated rings. The summed E-state index contributed by atoms with van der Waals surface area (Å²) in [6.45, 7) is 1.99. The van der Waals surface area contributed by atoms with E-state index in [1.807, 2.05) is 4.90 Å². The van der Waals surface area contributed by atoms with Gasteiger partial charge in [0, 0.05) is 41.5 Å². The van der Waals surface area contributed by atoms with Gasteiger partial charge < -0.3 is 9.64 Å². The number of carbonyl (C=O) groups is 1. The summed E-state index contributed by atoms with van der Waals surface area (Å²) >= 11 is 5.81. The van der Waals surface area contributed by atoms with Gasteiger partial charge in [-0.1, -0.05) is 28.9 Å². The highest BCUT2D eigenvalue weighted by Gasteiger charge is 2.20. The molecule has 0 bridgehead atoms. The third-order valence-electron chi connectivity index (χ3n) is 3.93. The zero-order chi connectivity index (χ0) is 19.9. The predicted molar refractivity (Wildman–Crippen MR) is 104 cm³/mol. The van der Waals surface area contributed by atoms with Crippen LogP contribution in [0.5, 0.6) is 0 Å². The second-order valence-corrected chi connectivity index (χ2v) is 6.27. The van der Waals surface area contributed by atoms with Crippen molar-refractivity contribution in [1.82, 2.24) is 4.90 Å². The van der Waals surface area contributed by atoms with Crippen molar-refractivity contribution < 1.29 is 19.3 Å². The van der Waals surface area contributed by atoms with Crippen LogP contribution in [0.4, 0.5) is 16.2 Å². The normalized spacial score (nSPS) is 14.5. The number of amidine groups is 1. The van der Waals surface area contributed by atoms with Gasteiger partial charge in [0.25, 0.3) is 5.69 Å². The number of nitro groups is 1. The van der Waals surface area contributed by atoms with Crippen molar-refractivity contribution in [2.24, 2.45) is 5.16 Å². The van der Waals surface area contributed by atoms with Gasteiger partial charge in [0.15, 0.2) is 5.84 Å². The molecule has 1 amide bonds. The van der Waals surface area contributed by atoms with Crippen molar-refractivity contribution in [2.45, 2.75) is 0 Å². The molecule has 1 saturated heterocycles. The van der Waals surface area contributed by atoms with E-state index in [0.717, 1.165) is 0 Å². The molecular formula is C18H17ClN4O5. The number of morpholine rings is 1. The SMILES string of the molecule is O=C(Nc1ccc(Cl)cc1)ON=C(c1cccc([N+](=O)[O-])c1)N1CCOCC1. The average molecular weight is 405 g/mol. The third kappa shape index (κ3) is 5.18. The lowest BCUT2D eigenvalue weighted by molar-refractivity contribution is -0.384. The van der Waals surface area contributed by atoms with Crippen LogP contribution in [-0.2, 0) is 9.57 Å². The maximum Gasteiger partial charge on any atom is 0.437 e. The Morgan fingerprint density at radius 2 is 1.93 bits per heavy atom. The van der Waals surface area contributed by atoms with E-state index >= 15 is 0 Å². The number of halogens is 1. The topological polar surface area (TPSA) is 106 Å². The molecule has 0 aliphatic carbocycles. The van der Waals surface area contributed by atoms with E-state index in [0.29, 0.717) is 48.4 Å². The van der Waals surface area contributed by atoms with E-state index in [2.05, 4.69) is 10.5 Å². The summed E-state index contributed by atoms with van der Waals surface area (Å²) in [5, 5.41) is 18.1. The number of hydrogen-bond donors (Lipinski definition) is 1. The molecule has 0 atom stereocenters. The zero-order valence-electron chi connectivity index (χ0n) is 14.7. The fraction of sp³-hybridized carbons (Fsp3) is 0.222. The molecule has 2 aromatic carbocycles. The molecule has 146 valence electrons. The molecule has 10 heteroatoms. The van der Waals surface area contributed by atoms with Gasteiger partial charge >= 0.3 is 6.09 Å². The first kappa shape index (κ1) is 19.6. The Morgan fingerprint density at radius 1 is 1.21 bits per heavy atom. The minimum absolute atomic E-state index is 0.0796. The van der Waals surface area contributed by atoms with E-state index in [9.17, 15) is 14.9 Å². The highest BCUT2D eigenvalue weighted by atomic mass is 35.5. The summed E-state index contributed by atoms with van der Waals surface area (Å²) in [7, 11) is 0. The maximum absolute atomic E-state index is 12.1. The van der Waals surface area contributed by atoms with E-state index in [1.54, 1.807) is 36.4 Å². The van der Waals surface area contributed by atoms with Crippen LogP contribution in [-0.4, -0.2) is 48.1 Å². The summed E-state index contributed by atoms with van der Waals surface area (Å²) in [6, 6.07) is 12.5. The smallest absolute Gasteiger partial charge is 0.378 e. The number of anilines is 1. The monoisotopic (exact) mass is 404 g/mol. The number of nitro benzene ring substituents is 1. The third-order valence-corrected chi connectivity index (χ3v) is 4.18. The Kier molecular flexibility index (Phi) is 6.41. The molecule has 3 rings (SSSR count). The Hall–Kier alpha value is -3.17. The fourth-order valence-electron chi connectivity index (χ4n) is 2.59. The van der Waals surface area contributed by atoms with Gasteiger partial charge in [0.05, 0.1) is 18.1 Å². The summed E-state index contributed by atoms with van der Waals surface area (Å²) in [5.41, 5.74) is 0.882. The minimum atomic E-state index is -0.793. The van der Waals surface area contributed by atoms with Gasteiger partial charge in [-0.3, -0.25) is 20.3 Å². The number of nitrogens with zero attached hydrogens (tertiary/aromatic N) is 3. The van der Waals surface area contributed by atoms with Crippen molar-refractivity contribution >= 4 is 34.9 Å². The molecule has 0 unspecified atom stereocenters. The largest absolute Gasteiger partial charge is 0.437 e. The highest BCUT2D eigenvalue weighted by molar-refractivity contribution is 6.30. The molecule has 1 heterocycles. The molecule has 1 aliphatic rings. The number of carbonyl (C=O) groups excluding carboxylic acids is 1. The van der Waals surface area contributed by atoms with E-state index in [-0.39, 0.29) is 5.69 Å². The van der Waals surface area contributed by atoms with Gasteiger partial charge in [-0.25, -0.2) is 4.79 Å². The Balaban J connectivity index is 1.79. The van der Waals surface area contributed by atoms with Gasteiger partial charge in [-0.05, 0) is 24.3 Å². The summed E-state index contributed by atoms with van der Waals surface area (Å²) < 4.78 is 5.33. The highest BCUT2D eigenvalue weighted by Crippen LogP contribution is 2.17. The lowest BCUT2D eigenvalue weighted by Gasteiger charge is -2.29. The molecule has 1 N–H and O–H groups in total. The maximum atomic E-state index is 12.1. The number of oxime groups is 1. The number of rotatable bonds is 4. The van der Waals surface area contributed by atoms with Gasteiger partial charge in [0.2, 0.25) is 0 Å². The Labute approximate surface area is 165 Å². The second-order valence-electron chi connectivity index (χ2n) is 5.83. The number of non-ortho nitro benzene ring substituents is 1. The molecule has 28 heavy (non-hydrogen) atoms. The van der Waals surface area contributed by atoms with Crippen LogP contribution in [0.1, 0.15) is 5.56 Å². The second kappa shape index (κ2) is 9.16. The average Bonchev–Trinajstić information content (AvgIpc) is 2.71. The lowest BCUT2D eigenvalue weighted by Crippen LogP contribution is -2.41. The number of benzene rings is 2. The van der Waals surface area contributed by atoms with Crippen molar-refractivity contribution in [1.29, 1.82) is 0 Å².